The van der Waals surface area contributed by atoms with Crippen molar-refractivity contribution in [2.45, 2.75) is 39.7 Å². The van der Waals surface area contributed by atoms with Gasteiger partial charge >= 0.3 is 0 Å². The van der Waals surface area contributed by atoms with Gasteiger partial charge in [0.1, 0.15) is 9.88 Å². The average Bonchev–Trinajstić information content (AvgIpc) is 3.47. The second kappa shape index (κ2) is 9.43. The highest BCUT2D eigenvalue weighted by Gasteiger charge is 2.20. The average molecular weight is 434 g/mol. The number of benzene rings is 2. The molecule has 1 N–H and O–H groups in total. The van der Waals surface area contributed by atoms with Crippen molar-refractivity contribution in [1.29, 1.82) is 0 Å². The number of thiazole rings is 1. The Bertz CT molecular complexity index is 1080. The molecule has 2 amide bonds. The molecule has 31 heavy (non-hydrogen) atoms. The number of aromatic nitrogens is 1. The van der Waals surface area contributed by atoms with Gasteiger partial charge in [-0.3, -0.25) is 9.59 Å². The summed E-state index contributed by atoms with van der Waals surface area (Å²) in [6.07, 6.45) is 3.14. The molecule has 0 radical (unpaired) electrons. The molecule has 1 saturated heterocycles. The van der Waals surface area contributed by atoms with Crippen LogP contribution in [0.25, 0.3) is 10.6 Å². The van der Waals surface area contributed by atoms with E-state index in [0.29, 0.717) is 17.0 Å². The molecule has 160 valence electrons. The van der Waals surface area contributed by atoms with Crippen LogP contribution in [0.4, 0.5) is 0 Å². The number of nitrogens with zero attached hydrogens (tertiary/aromatic N) is 2. The van der Waals surface area contributed by atoms with Gasteiger partial charge in [-0.05, 0) is 49.4 Å². The van der Waals surface area contributed by atoms with E-state index in [0.717, 1.165) is 54.2 Å². The minimum absolute atomic E-state index is 0.0720. The Labute approximate surface area is 187 Å². The van der Waals surface area contributed by atoms with Crippen LogP contribution in [0.3, 0.4) is 0 Å². The maximum atomic E-state index is 12.8. The highest BCUT2D eigenvalue weighted by Crippen LogP contribution is 2.28. The van der Waals surface area contributed by atoms with E-state index >= 15 is 0 Å². The van der Waals surface area contributed by atoms with Gasteiger partial charge in [0, 0.05) is 30.8 Å². The largest absolute Gasteiger partial charge is 0.347 e. The lowest BCUT2D eigenvalue weighted by Gasteiger charge is -2.15. The predicted molar refractivity (Wildman–Crippen MR) is 124 cm³/mol. The summed E-state index contributed by atoms with van der Waals surface area (Å²) in [5, 5.41) is 3.83. The third kappa shape index (κ3) is 4.85. The van der Waals surface area contributed by atoms with E-state index in [1.807, 2.05) is 36.1 Å². The summed E-state index contributed by atoms with van der Waals surface area (Å²) in [7, 11) is 0. The SMILES string of the molecule is CCc1ccc(-c2nc(C)c(C(=O)NCc3cccc(C(=O)N4CCCC4)c3)s2)cc1. The van der Waals surface area contributed by atoms with Crippen molar-refractivity contribution < 1.29 is 9.59 Å². The lowest BCUT2D eigenvalue weighted by Crippen LogP contribution is -2.28. The Balaban J connectivity index is 1.42. The fourth-order valence-corrected chi connectivity index (χ4v) is 4.78. The quantitative estimate of drug-likeness (QED) is 0.605. The maximum Gasteiger partial charge on any atom is 0.263 e. The van der Waals surface area contributed by atoms with Gasteiger partial charge in [-0.1, -0.05) is 43.3 Å². The highest BCUT2D eigenvalue weighted by molar-refractivity contribution is 7.17. The molecule has 6 heteroatoms. The van der Waals surface area contributed by atoms with Gasteiger partial charge in [0.2, 0.25) is 0 Å². The molecule has 1 aromatic heterocycles. The van der Waals surface area contributed by atoms with Gasteiger partial charge in [0.15, 0.2) is 0 Å². The number of nitrogens with one attached hydrogen (secondary N) is 1. The first-order valence-corrected chi connectivity index (χ1v) is 11.6. The van der Waals surface area contributed by atoms with Crippen LogP contribution in [0.15, 0.2) is 48.5 Å². The Kier molecular flexibility index (Phi) is 6.47. The number of amides is 2. The Morgan fingerprint density at radius 3 is 2.52 bits per heavy atom. The van der Waals surface area contributed by atoms with Crippen molar-refractivity contribution in [3.05, 3.63) is 75.8 Å². The zero-order chi connectivity index (χ0) is 21.8. The summed E-state index contributed by atoms with van der Waals surface area (Å²) in [6.45, 7) is 6.02. The lowest BCUT2D eigenvalue weighted by atomic mass is 10.1. The van der Waals surface area contributed by atoms with Gasteiger partial charge in [-0.2, -0.15) is 0 Å². The first-order valence-electron chi connectivity index (χ1n) is 10.8. The number of hydrogen-bond acceptors (Lipinski definition) is 4. The minimum atomic E-state index is -0.136. The van der Waals surface area contributed by atoms with E-state index in [1.165, 1.54) is 16.9 Å². The second-order valence-corrected chi connectivity index (χ2v) is 8.87. The van der Waals surface area contributed by atoms with Crippen molar-refractivity contribution in [3.63, 3.8) is 0 Å². The molecule has 0 saturated carbocycles. The summed E-state index contributed by atoms with van der Waals surface area (Å²) in [5.74, 6) is -0.0644. The van der Waals surface area contributed by atoms with E-state index in [1.54, 1.807) is 0 Å². The van der Waals surface area contributed by atoms with Crippen LogP contribution in [0, 0.1) is 6.92 Å². The van der Waals surface area contributed by atoms with Gasteiger partial charge in [0.05, 0.1) is 5.69 Å². The Morgan fingerprint density at radius 1 is 1.06 bits per heavy atom. The molecule has 3 aromatic rings. The molecule has 1 fully saturated rings. The minimum Gasteiger partial charge on any atom is -0.347 e. The van der Waals surface area contributed by atoms with Gasteiger partial charge < -0.3 is 10.2 Å². The zero-order valence-electron chi connectivity index (χ0n) is 18.0. The first-order chi connectivity index (χ1) is 15.0. The van der Waals surface area contributed by atoms with E-state index in [-0.39, 0.29) is 11.8 Å². The zero-order valence-corrected chi connectivity index (χ0v) is 18.8. The maximum absolute atomic E-state index is 12.8. The smallest absolute Gasteiger partial charge is 0.263 e. The standard InChI is InChI=1S/C25H27N3O2S/c1-3-18-9-11-20(12-10-18)24-27-17(2)22(31-24)23(29)26-16-19-7-6-8-21(15-19)25(30)28-13-4-5-14-28/h6-12,15H,3-5,13-14,16H2,1-2H3,(H,26,29). The molecule has 1 aliphatic heterocycles. The lowest BCUT2D eigenvalue weighted by molar-refractivity contribution is 0.0792. The molecule has 1 aliphatic rings. The van der Waals surface area contributed by atoms with Crippen LogP contribution < -0.4 is 5.32 Å². The number of likely N-dealkylation sites (tertiary alicyclic amines) is 1. The van der Waals surface area contributed by atoms with E-state index in [9.17, 15) is 9.59 Å². The monoisotopic (exact) mass is 433 g/mol. The van der Waals surface area contributed by atoms with E-state index in [4.69, 9.17) is 0 Å². The number of aryl methyl sites for hydroxylation is 2. The highest BCUT2D eigenvalue weighted by atomic mass is 32.1. The fraction of sp³-hybridized carbons (Fsp3) is 0.320. The van der Waals surface area contributed by atoms with Crippen molar-refractivity contribution in [2.75, 3.05) is 13.1 Å². The summed E-state index contributed by atoms with van der Waals surface area (Å²) in [4.78, 5) is 32.5. The molecule has 2 aromatic carbocycles. The molecule has 0 bridgehead atoms. The van der Waals surface area contributed by atoms with Crippen LogP contribution in [0.1, 0.15) is 56.6 Å². The number of rotatable bonds is 6. The third-order valence-corrected chi connectivity index (χ3v) is 6.84. The molecule has 0 unspecified atom stereocenters. The summed E-state index contributed by atoms with van der Waals surface area (Å²) in [5.41, 5.74) is 4.63. The molecule has 2 heterocycles. The van der Waals surface area contributed by atoms with Crippen molar-refractivity contribution >= 4 is 23.2 Å². The fourth-order valence-electron chi connectivity index (χ4n) is 3.79. The summed E-state index contributed by atoms with van der Waals surface area (Å²) < 4.78 is 0. The second-order valence-electron chi connectivity index (χ2n) is 7.87. The van der Waals surface area contributed by atoms with Crippen molar-refractivity contribution in [2.24, 2.45) is 0 Å². The summed E-state index contributed by atoms with van der Waals surface area (Å²) in [6, 6.07) is 15.8. The summed E-state index contributed by atoms with van der Waals surface area (Å²) >= 11 is 1.41. The normalized spacial score (nSPS) is 13.4. The molecule has 0 aliphatic carbocycles. The van der Waals surface area contributed by atoms with Crippen LogP contribution in [-0.4, -0.2) is 34.8 Å². The first kappa shape index (κ1) is 21.2. The van der Waals surface area contributed by atoms with Crippen LogP contribution in [0.2, 0.25) is 0 Å². The van der Waals surface area contributed by atoms with Crippen molar-refractivity contribution in [3.8, 4) is 10.6 Å². The van der Waals surface area contributed by atoms with Crippen LogP contribution >= 0.6 is 11.3 Å². The Morgan fingerprint density at radius 2 is 1.81 bits per heavy atom. The molecular formula is C25H27N3O2S. The van der Waals surface area contributed by atoms with Crippen LogP contribution in [-0.2, 0) is 13.0 Å². The van der Waals surface area contributed by atoms with E-state index in [2.05, 4.69) is 41.5 Å². The predicted octanol–water partition coefficient (Wildman–Crippen LogP) is 4.85. The third-order valence-electron chi connectivity index (χ3n) is 5.63. The molecular weight excluding hydrogens is 406 g/mol. The van der Waals surface area contributed by atoms with Crippen LogP contribution in [0.5, 0.6) is 0 Å². The van der Waals surface area contributed by atoms with Gasteiger partial charge in [-0.15, -0.1) is 11.3 Å². The van der Waals surface area contributed by atoms with Gasteiger partial charge in [-0.25, -0.2) is 4.98 Å². The molecule has 4 rings (SSSR count). The topological polar surface area (TPSA) is 62.3 Å². The van der Waals surface area contributed by atoms with Gasteiger partial charge in [0.25, 0.3) is 11.8 Å². The number of carbonyl (C=O) groups is 2. The molecule has 0 spiro atoms. The number of hydrogen-bond donors (Lipinski definition) is 1. The van der Waals surface area contributed by atoms with Crippen molar-refractivity contribution in [1.82, 2.24) is 15.2 Å². The number of carbonyl (C=O) groups excluding carboxylic acids is 2. The molecule has 0 atom stereocenters. The molecule has 5 nitrogen and oxygen atoms in total. The van der Waals surface area contributed by atoms with E-state index < -0.39 is 0 Å². The Hall–Kier alpha value is -2.99.